The highest BCUT2D eigenvalue weighted by Gasteiger charge is 2.08. The topological polar surface area (TPSA) is 9.23 Å². The Morgan fingerprint density at radius 3 is 2.53 bits per heavy atom. The van der Waals surface area contributed by atoms with Crippen molar-refractivity contribution in [1.29, 1.82) is 0 Å². The summed E-state index contributed by atoms with van der Waals surface area (Å²) in [5, 5.41) is 0. The van der Waals surface area contributed by atoms with E-state index in [2.05, 4.69) is 26.5 Å². The van der Waals surface area contributed by atoms with Crippen molar-refractivity contribution in [2.45, 2.75) is 65.4 Å². The van der Waals surface area contributed by atoms with Gasteiger partial charge in [-0.1, -0.05) is 57.4 Å². The fourth-order valence-electron chi connectivity index (χ4n) is 2.23. The van der Waals surface area contributed by atoms with Gasteiger partial charge in [-0.3, -0.25) is 0 Å². The monoisotopic (exact) mass is 260 g/mol. The molecule has 0 heterocycles. The number of benzene rings is 1. The van der Waals surface area contributed by atoms with E-state index in [0.717, 1.165) is 23.3 Å². The van der Waals surface area contributed by atoms with E-state index >= 15 is 0 Å². The van der Waals surface area contributed by atoms with E-state index in [1.807, 2.05) is 25.1 Å². The standard InChI is InChI=1S/C18H28O/c1-5-6-7-8-9-12-16(4)19-18-14-11-10-13-17(18)15(2)3/h10-11,13-14,16H,2,5-9,12H2,1,3-4H3. The third-order valence-electron chi connectivity index (χ3n) is 3.39. The lowest BCUT2D eigenvalue weighted by atomic mass is 10.1. The summed E-state index contributed by atoms with van der Waals surface area (Å²) in [6.45, 7) is 10.4. The van der Waals surface area contributed by atoms with Crippen LogP contribution in [0.4, 0.5) is 0 Å². The highest BCUT2D eigenvalue weighted by Crippen LogP contribution is 2.26. The van der Waals surface area contributed by atoms with Gasteiger partial charge in [-0.05, 0) is 38.3 Å². The fraction of sp³-hybridized carbons (Fsp3) is 0.556. The van der Waals surface area contributed by atoms with Crippen LogP contribution in [-0.4, -0.2) is 6.10 Å². The second kappa shape index (κ2) is 8.79. The summed E-state index contributed by atoms with van der Waals surface area (Å²) >= 11 is 0. The maximum atomic E-state index is 6.05. The zero-order chi connectivity index (χ0) is 14.1. The van der Waals surface area contributed by atoms with Crippen molar-refractivity contribution in [1.82, 2.24) is 0 Å². The summed E-state index contributed by atoms with van der Waals surface area (Å²) in [5.74, 6) is 0.969. The molecular weight excluding hydrogens is 232 g/mol. The van der Waals surface area contributed by atoms with Crippen molar-refractivity contribution in [2.24, 2.45) is 0 Å². The van der Waals surface area contributed by atoms with Gasteiger partial charge in [-0.25, -0.2) is 0 Å². The van der Waals surface area contributed by atoms with Gasteiger partial charge in [0, 0.05) is 5.56 Å². The lowest BCUT2D eigenvalue weighted by Crippen LogP contribution is -2.12. The van der Waals surface area contributed by atoms with E-state index in [-0.39, 0.29) is 6.10 Å². The number of hydrogen-bond acceptors (Lipinski definition) is 1. The molecular formula is C18H28O. The molecule has 0 saturated heterocycles. The van der Waals surface area contributed by atoms with E-state index in [4.69, 9.17) is 4.74 Å². The van der Waals surface area contributed by atoms with Crippen molar-refractivity contribution in [2.75, 3.05) is 0 Å². The molecule has 0 N–H and O–H groups in total. The zero-order valence-electron chi connectivity index (χ0n) is 12.7. The van der Waals surface area contributed by atoms with Crippen LogP contribution < -0.4 is 4.74 Å². The molecule has 1 unspecified atom stereocenters. The molecule has 1 nitrogen and oxygen atoms in total. The molecule has 0 aliphatic rings. The molecule has 0 saturated carbocycles. The Kier molecular flexibility index (Phi) is 7.32. The molecule has 0 amide bonds. The van der Waals surface area contributed by atoms with Gasteiger partial charge in [0.2, 0.25) is 0 Å². The second-order valence-corrected chi connectivity index (χ2v) is 5.41. The maximum Gasteiger partial charge on any atom is 0.127 e. The van der Waals surface area contributed by atoms with E-state index in [0.29, 0.717) is 0 Å². The van der Waals surface area contributed by atoms with Gasteiger partial charge in [0.15, 0.2) is 0 Å². The van der Waals surface area contributed by atoms with E-state index < -0.39 is 0 Å². The highest BCUT2D eigenvalue weighted by atomic mass is 16.5. The Morgan fingerprint density at radius 2 is 1.84 bits per heavy atom. The minimum absolute atomic E-state index is 0.280. The Bertz CT molecular complexity index is 381. The molecule has 0 aliphatic heterocycles. The van der Waals surface area contributed by atoms with Gasteiger partial charge in [0.1, 0.15) is 5.75 Å². The second-order valence-electron chi connectivity index (χ2n) is 5.41. The van der Waals surface area contributed by atoms with Crippen LogP contribution in [0.25, 0.3) is 5.57 Å². The van der Waals surface area contributed by atoms with Crippen LogP contribution in [0.2, 0.25) is 0 Å². The summed E-state index contributed by atoms with van der Waals surface area (Å²) < 4.78 is 6.05. The van der Waals surface area contributed by atoms with Crippen LogP contribution in [0.1, 0.15) is 64.9 Å². The number of hydrogen-bond donors (Lipinski definition) is 0. The minimum atomic E-state index is 0.280. The quantitative estimate of drug-likeness (QED) is 0.506. The van der Waals surface area contributed by atoms with Crippen molar-refractivity contribution >= 4 is 5.57 Å². The van der Waals surface area contributed by atoms with Crippen LogP contribution in [0, 0.1) is 0 Å². The molecule has 0 aliphatic carbocycles. The van der Waals surface area contributed by atoms with Crippen LogP contribution in [0.5, 0.6) is 5.75 Å². The van der Waals surface area contributed by atoms with Gasteiger partial charge in [-0.2, -0.15) is 0 Å². The lowest BCUT2D eigenvalue weighted by molar-refractivity contribution is 0.206. The molecule has 1 atom stereocenters. The number of para-hydroxylation sites is 1. The summed E-state index contributed by atoms with van der Waals surface area (Å²) in [6, 6.07) is 8.17. The third-order valence-corrected chi connectivity index (χ3v) is 3.39. The van der Waals surface area contributed by atoms with Crippen molar-refractivity contribution in [3.8, 4) is 5.75 Å². The first-order valence-electron chi connectivity index (χ1n) is 7.56. The predicted octanol–water partition coefficient (Wildman–Crippen LogP) is 5.85. The fourth-order valence-corrected chi connectivity index (χ4v) is 2.23. The van der Waals surface area contributed by atoms with Gasteiger partial charge in [0.05, 0.1) is 6.10 Å². The van der Waals surface area contributed by atoms with E-state index in [1.54, 1.807) is 0 Å². The van der Waals surface area contributed by atoms with Gasteiger partial charge < -0.3 is 4.74 Å². The minimum Gasteiger partial charge on any atom is -0.490 e. The number of ether oxygens (including phenoxy) is 1. The largest absolute Gasteiger partial charge is 0.490 e. The normalized spacial score (nSPS) is 12.2. The first-order chi connectivity index (χ1) is 9.15. The van der Waals surface area contributed by atoms with Crippen LogP contribution in [0.15, 0.2) is 30.8 Å². The van der Waals surface area contributed by atoms with Gasteiger partial charge in [0.25, 0.3) is 0 Å². The average molecular weight is 260 g/mol. The number of rotatable bonds is 9. The van der Waals surface area contributed by atoms with Crippen molar-refractivity contribution < 1.29 is 4.74 Å². The van der Waals surface area contributed by atoms with Crippen LogP contribution >= 0.6 is 0 Å². The predicted molar refractivity (Wildman–Crippen MR) is 84.6 cm³/mol. The summed E-state index contributed by atoms with van der Waals surface area (Å²) in [7, 11) is 0. The van der Waals surface area contributed by atoms with Crippen molar-refractivity contribution in [3.05, 3.63) is 36.4 Å². The maximum absolute atomic E-state index is 6.05. The molecule has 0 aromatic heterocycles. The SMILES string of the molecule is C=C(C)c1ccccc1OC(C)CCCCCCC. The molecule has 1 rings (SSSR count). The van der Waals surface area contributed by atoms with Gasteiger partial charge in [-0.15, -0.1) is 0 Å². The molecule has 1 aromatic carbocycles. The lowest BCUT2D eigenvalue weighted by Gasteiger charge is -2.17. The Labute approximate surface area is 118 Å². The summed E-state index contributed by atoms with van der Waals surface area (Å²) in [5.41, 5.74) is 2.19. The molecule has 0 spiro atoms. The first-order valence-corrected chi connectivity index (χ1v) is 7.56. The third kappa shape index (κ3) is 5.96. The zero-order valence-corrected chi connectivity index (χ0v) is 12.7. The first kappa shape index (κ1) is 15.8. The average Bonchev–Trinajstić information content (AvgIpc) is 2.39. The number of unbranched alkanes of at least 4 members (excludes halogenated alkanes) is 4. The highest BCUT2D eigenvalue weighted by molar-refractivity contribution is 5.66. The summed E-state index contributed by atoms with van der Waals surface area (Å²) in [4.78, 5) is 0. The molecule has 0 radical (unpaired) electrons. The van der Waals surface area contributed by atoms with Crippen molar-refractivity contribution in [3.63, 3.8) is 0 Å². The molecule has 0 bridgehead atoms. The smallest absolute Gasteiger partial charge is 0.127 e. The molecule has 106 valence electrons. The molecule has 0 fully saturated rings. The molecule has 1 aromatic rings. The van der Waals surface area contributed by atoms with Crippen LogP contribution in [0.3, 0.4) is 0 Å². The van der Waals surface area contributed by atoms with Gasteiger partial charge >= 0.3 is 0 Å². The van der Waals surface area contributed by atoms with E-state index in [1.165, 1.54) is 32.1 Å². The Hall–Kier alpha value is -1.24. The number of allylic oxidation sites excluding steroid dienone is 1. The summed E-state index contributed by atoms with van der Waals surface area (Å²) in [6.07, 6.45) is 8.01. The Morgan fingerprint density at radius 1 is 1.16 bits per heavy atom. The van der Waals surface area contributed by atoms with Crippen LogP contribution in [-0.2, 0) is 0 Å². The van der Waals surface area contributed by atoms with E-state index in [9.17, 15) is 0 Å². The Balaban J connectivity index is 2.39. The molecule has 1 heteroatoms. The molecule has 19 heavy (non-hydrogen) atoms.